The van der Waals surface area contributed by atoms with E-state index in [1.54, 1.807) is 7.05 Å². The molecule has 0 aromatic heterocycles. The molecule has 1 aromatic rings. The van der Waals surface area contributed by atoms with Crippen molar-refractivity contribution in [3.05, 3.63) is 29.6 Å². The van der Waals surface area contributed by atoms with Gasteiger partial charge in [-0.2, -0.15) is 0 Å². The Hall–Kier alpha value is -2.11. The van der Waals surface area contributed by atoms with E-state index < -0.39 is 17.8 Å². The predicted octanol–water partition coefficient (Wildman–Crippen LogP) is 0.492. The molecule has 1 aromatic carbocycles. The van der Waals surface area contributed by atoms with Crippen molar-refractivity contribution in [3.63, 3.8) is 0 Å². The minimum Gasteiger partial charge on any atom is -0.508 e. The average Bonchev–Trinajstić information content (AvgIpc) is 2.61. The van der Waals surface area contributed by atoms with E-state index in [0.29, 0.717) is 13.0 Å². The molecule has 2 amide bonds. The molecule has 6 heteroatoms. The first-order chi connectivity index (χ1) is 8.49. The molecule has 1 aliphatic heterocycles. The Morgan fingerprint density at radius 3 is 2.83 bits per heavy atom. The van der Waals surface area contributed by atoms with E-state index in [9.17, 15) is 14.0 Å². The zero-order chi connectivity index (χ0) is 13.3. The molecule has 96 valence electrons. The van der Waals surface area contributed by atoms with Crippen molar-refractivity contribution >= 4 is 11.8 Å². The summed E-state index contributed by atoms with van der Waals surface area (Å²) in [6, 6.07) is 2.66. The molecule has 1 atom stereocenters. The van der Waals surface area contributed by atoms with Crippen LogP contribution in [0.25, 0.3) is 0 Å². The maximum atomic E-state index is 13.4. The summed E-state index contributed by atoms with van der Waals surface area (Å²) < 4.78 is 13.4. The third-order valence-corrected chi connectivity index (χ3v) is 2.93. The predicted molar refractivity (Wildman–Crippen MR) is 61.6 cm³/mol. The van der Waals surface area contributed by atoms with E-state index in [1.165, 1.54) is 17.0 Å². The number of likely N-dealkylation sites (N-methyl/N-ethyl adjacent to an activating group) is 1. The van der Waals surface area contributed by atoms with Gasteiger partial charge in [0.15, 0.2) is 0 Å². The van der Waals surface area contributed by atoms with Crippen molar-refractivity contribution in [2.45, 2.75) is 12.5 Å². The monoisotopic (exact) mass is 252 g/mol. The summed E-state index contributed by atoms with van der Waals surface area (Å²) in [5.74, 6) is -1.89. The van der Waals surface area contributed by atoms with Crippen LogP contribution >= 0.6 is 0 Å². The van der Waals surface area contributed by atoms with E-state index in [4.69, 9.17) is 5.11 Å². The SMILES string of the molecule is CN1CCC(NC(=O)c2ccc(O)cc2F)C1=O. The number of rotatable bonds is 2. The number of phenolic OH excluding ortho intramolecular Hbond substituents is 1. The largest absolute Gasteiger partial charge is 0.508 e. The lowest BCUT2D eigenvalue weighted by atomic mass is 10.1. The van der Waals surface area contributed by atoms with Crippen LogP contribution in [0, 0.1) is 5.82 Å². The lowest BCUT2D eigenvalue weighted by Gasteiger charge is -2.12. The lowest BCUT2D eigenvalue weighted by Crippen LogP contribution is -2.40. The molecule has 5 nitrogen and oxygen atoms in total. The number of halogens is 1. The van der Waals surface area contributed by atoms with Gasteiger partial charge in [-0.25, -0.2) is 4.39 Å². The number of nitrogens with one attached hydrogen (secondary N) is 1. The van der Waals surface area contributed by atoms with E-state index in [1.807, 2.05) is 0 Å². The number of benzene rings is 1. The van der Waals surface area contributed by atoms with Crippen molar-refractivity contribution < 1.29 is 19.1 Å². The van der Waals surface area contributed by atoms with Gasteiger partial charge in [-0.1, -0.05) is 0 Å². The summed E-state index contributed by atoms with van der Waals surface area (Å²) in [6.07, 6.45) is 0.515. The Kier molecular flexibility index (Phi) is 3.18. The van der Waals surface area contributed by atoms with Crippen LogP contribution in [-0.2, 0) is 4.79 Å². The quantitative estimate of drug-likeness (QED) is 0.805. The Morgan fingerprint density at radius 2 is 2.28 bits per heavy atom. The zero-order valence-electron chi connectivity index (χ0n) is 9.81. The van der Waals surface area contributed by atoms with Gasteiger partial charge in [-0.05, 0) is 18.6 Å². The number of likely N-dealkylation sites (tertiary alicyclic amines) is 1. The van der Waals surface area contributed by atoms with E-state index in [2.05, 4.69) is 5.32 Å². The Balaban J connectivity index is 2.11. The molecule has 0 spiro atoms. The van der Waals surface area contributed by atoms with Crippen molar-refractivity contribution in [1.82, 2.24) is 10.2 Å². The number of hydrogen-bond donors (Lipinski definition) is 2. The molecule has 1 heterocycles. The van der Waals surface area contributed by atoms with Gasteiger partial charge in [-0.15, -0.1) is 0 Å². The van der Waals surface area contributed by atoms with Crippen LogP contribution in [0.3, 0.4) is 0 Å². The van der Waals surface area contributed by atoms with Crippen LogP contribution in [0.1, 0.15) is 16.8 Å². The molecule has 1 aliphatic rings. The highest BCUT2D eigenvalue weighted by atomic mass is 19.1. The molecule has 1 unspecified atom stereocenters. The van der Waals surface area contributed by atoms with Crippen molar-refractivity contribution in [2.75, 3.05) is 13.6 Å². The van der Waals surface area contributed by atoms with Gasteiger partial charge >= 0.3 is 0 Å². The zero-order valence-corrected chi connectivity index (χ0v) is 9.81. The molecule has 1 saturated heterocycles. The van der Waals surface area contributed by atoms with Gasteiger partial charge in [-0.3, -0.25) is 9.59 Å². The number of hydrogen-bond acceptors (Lipinski definition) is 3. The third kappa shape index (κ3) is 2.27. The third-order valence-electron chi connectivity index (χ3n) is 2.93. The molecule has 0 bridgehead atoms. The molecule has 1 fully saturated rings. The Bertz CT molecular complexity index is 504. The first-order valence-electron chi connectivity index (χ1n) is 5.53. The van der Waals surface area contributed by atoms with Crippen LogP contribution < -0.4 is 5.32 Å². The summed E-state index contributed by atoms with van der Waals surface area (Å²) in [7, 11) is 1.65. The van der Waals surface area contributed by atoms with E-state index in [-0.39, 0.29) is 17.2 Å². The minimum atomic E-state index is -0.814. The number of nitrogens with zero attached hydrogens (tertiary/aromatic N) is 1. The second-order valence-corrected chi connectivity index (χ2v) is 4.24. The van der Waals surface area contributed by atoms with Gasteiger partial charge in [0, 0.05) is 19.7 Å². The standard InChI is InChI=1S/C12H13FN2O3/c1-15-5-4-10(12(15)18)14-11(17)8-3-2-7(16)6-9(8)13/h2-3,6,10,16H,4-5H2,1H3,(H,14,17). The normalized spacial score (nSPS) is 19.1. The number of phenols is 1. The van der Waals surface area contributed by atoms with E-state index >= 15 is 0 Å². The first-order valence-corrected chi connectivity index (χ1v) is 5.53. The summed E-state index contributed by atoms with van der Waals surface area (Å²) in [5.41, 5.74) is -0.185. The molecule has 0 saturated carbocycles. The summed E-state index contributed by atoms with van der Waals surface area (Å²) in [5, 5.41) is 11.5. The Labute approximate surface area is 103 Å². The highest BCUT2D eigenvalue weighted by Gasteiger charge is 2.30. The number of carbonyl (C=O) groups excluding carboxylic acids is 2. The summed E-state index contributed by atoms with van der Waals surface area (Å²) in [4.78, 5) is 24.9. The van der Waals surface area contributed by atoms with Crippen molar-refractivity contribution in [1.29, 1.82) is 0 Å². The van der Waals surface area contributed by atoms with Crippen molar-refractivity contribution in [3.8, 4) is 5.75 Å². The van der Waals surface area contributed by atoms with Gasteiger partial charge < -0.3 is 15.3 Å². The first kappa shape index (κ1) is 12.3. The van der Waals surface area contributed by atoms with Crippen LogP contribution in [0.4, 0.5) is 4.39 Å². The second kappa shape index (κ2) is 4.64. The van der Waals surface area contributed by atoms with Crippen LogP contribution in [0.5, 0.6) is 5.75 Å². The fourth-order valence-electron chi connectivity index (χ4n) is 1.88. The van der Waals surface area contributed by atoms with Gasteiger partial charge in [0.2, 0.25) is 5.91 Å². The van der Waals surface area contributed by atoms with Gasteiger partial charge in [0.05, 0.1) is 5.56 Å². The van der Waals surface area contributed by atoms with Crippen LogP contribution in [-0.4, -0.2) is 41.5 Å². The summed E-state index contributed by atoms with van der Waals surface area (Å²) >= 11 is 0. The van der Waals surface area contributed by atoms with Gasteiger partial charge in [0.25, 0.3) is 5.91 Å². The molecule has 18 heavy (non-hydrogen) atoms. The smallest absolute Gasteiger partial charge is 0.254 e. The molecule has 0 radical (unpaired) electrons. The Morgan fingerprint density at radius 1 is 1.56 bits per heavy atom. The number of carbonyl (C=O) groups is 2. The topological polar surface area (TPSA) is 69.6 Å². The molecule has 2 N–H and O–H groups in total. The molecular weight excluding hydrogens is 239 g/mol. The fraction of sp³-hybridized carbons (Fsp3) is 0.333. The maximum absolute atomic E-state index is 13.4. The highest BCUT2D eigenvalue weighted by molar-refractivity contribution is 5.98. The lowest BCUT2D eigenvalue weighted by molar-refractivity contribution is -0.128. The molecule has 2 rings (SSSR count). The van der Waals surface area contributed by atoms with Crippen LogP contribution in [0.15, 0.2) is 18.2 Å². The molecule has 0 aliphatic carbocycles. The average molecular weight is 252 g/mol. The second-order valence-electron chi connectivity index (χ2n) is 4.24. The van der Waals surface area contributed by atoms with Gasteiger partial charge in [0.1, 0.15) is 17.6 Å². The number of amides is 2. The fourth-order valence-corrected chi connectivity index (χ4v) is 1.88. The van der Waals surface area contributed by atoms with Crippen LogP contribution in [0.2, 0.25) is 0 Å². The highest BCUT2D eigenvalue weighted by Crippen LogP contribution is 2.16. The maximum Gasteiger partial charge on any atom is 0.254 e. The minimum absolute atomic E-state index is 0.178. The number of aromatic hydroxyl groups is 1. The summed E-state index contributed by atoms with van der Waals surface area (Å²) in [6.45, 7) is 0.571. The van der Waals surface area contributed by atoms with Crippen molar-refractivity contribution in [2.24, 2.45) is 0 Å². The van der Waals surface area contributed by atoms with E-state index in [0.717, 1.165) is 6.07 Å². The molecular formula is C12H13FN2O3.